The van der Waals surface area contributed by atoms with Crippen molar-refractivity contribution in [2.24, 2.45) is 5.92 Å². The summed E-state index contributed by atoms with van der Waals surface area (Å²) in [7, 11) is 0. The molecule has 1 aliphatic rings. The van der Waals surface area contributed by atoms with Crippen molar-refractivity contribution < 1.29 is 0 Å². The minimum absolute atomic E-state index is 0.700. The van der Waals surface area contributed by atoms with Crippen molar-refractivity contribution in [2.75, 3.05) is 0 Å². The zero-order valence-electron chi connectivity index (χ0n) is 11.2. The van der Waals surface area contributed by atoms with E-state index < -0.39 is 0 Å². The summed E-state index contributed by atoms with van der Waals surface area (Å²) >= 11 is 0. The van der Waals surface area contributed by atoms with E-state index in [2.05, 4.69) is 48.1 Å². The fourth-order valence-electron chi connectivity index (χ4n) is 2.88. The molecule has 0 bridgehead atoms. The normalized spacial score (nSPS) is 23.2. The van der Waals surface area contributed by atoms with E-state index in [0.717, 1.165) is 19.0 Å². The van der Waals surface area contributed by atoms with Crippen LogP contribution in [-0.4, -0.2) is 15.8 Å². The average molecular weight is 243 g/mol. The first-order valence-electron chi connectivity index (χ1n) is 6.95. The summed E-state index contributed by atoms with van der Waals surface area (Å²) in [6, 6.07) is 9.21. The number of hydrogen-bond acceptors (Lipinski definition) is 2. The molecule has 1 aromatic heterocycles. The predicted molar refractivity (Wildman–Crippen MR) is 74.4 cm³/mol. The third-order valence-corrected chi connectivity index (χ3v) is 3.97. The molecule has 1 N–H and O–H groups in total. The Morgan fingerprint density at radius 2 is 2.11 bits per heavy atom. The highest BCUT2D eigenvalue weighted by Crippen LogP contribution is 2.27. The zero-order chi connectivity index (χ0) is 12.5. The summed E-state index contributed by atoms with van der Waals surface area (Å²) in [5.74, 6) is 0.896. The van der Waals surface area contributed by atoms with Crippen molar-refractivity contribution in [2.45, 2.75) is 45.8 Å². The Balaban J connectivity index is 1.79. The lowest BCUT2D eigenvalue weighted by Crippen LogP contribution is -2.39. The number of benzene rings is 1. The number of rotatable bonds is 4. The van der Waals surface area contributed by atoms with Gasteiger partial charge in [0.2, 0.25) is 0 Å². The number of nitrogens with zero attached hydrogens (tertiary/aromatic N) is 2. The van der Waals surface area contributed by atoms with Gasteiger partial charge in [0, 0.05) is 24.5 Å². The first-order valence-corrected chi connectivity index (χ1v) is 6.95. The van der Waals surface area contributed by atoms with E-state index >= 15 is 0 Å². The minimum atomic E-state index is 0.700. The summed E-state index contributed by atoms with van der Waals surface area (Å²) < 4.78 is 2.09. The van der Waals surface area contributed by atoms with Crippen molar-refractivity contribution >= 4 is 10.9 Å². The molecule has 0 aliphatic heterocycles. The van der Waals surface area contributed by atoms with E-state index in [4.69, 9.17) is 5.10 Å². The second-order valence-electron chi connectivity index (χ2n) is 5.43. The van der Waals surface area contributed by atoms with E-state index in [-0.39, 0.29) is 0 Å². The number of fused-ring (bicyclic) bond motifs is 1. The van der Waals surface area contributed by atoms with Gasteiger partial charge in [-0.05, 0) is 31.7 Å². The molecule has 1 saturated carbocycles. The van der Waals surface area contributed by atoms with Crippen LogP contribution in [0, 0.1) is 5.92 Å². The van der Waals surface area contributed by atoms with E-state index in [0.29, 0.717) is 6.04 Å². The monoisotopic (exact) mass is 243 g/mol. The van der Waals surface area contributed by atoms with Crippen molar-refractivity contribution in [1.29, 1.82) is 0 Å². The van der Waals surface area contributed by atoms with Crippen LogP contribution >= 0.6 is 0 Å². The fourth-order valence-corrected chi connectivity index (χ4v) is 2.88. The maximum absolute atomic E-state index is 4.71. The molecule has 0 saturated heterocycles. The SMILES string of the molecule is CCn1nc(CNC2CC(C)C2)c2ccccc21. The number of aromatic nitrogens is 2. The van der Waals surface area contributed by atoms with Gasteiger partial charge in [-0.25, -0.2) is 0 Å². The van der Waals surface area contributed by atoms with E-state index in [1.165, 1.54) is 29.4 Å². The van der Waals surface area contributed by atoms with Crippen molar-refractivity contribution in [3.05, 3.63) is 30.0 Å². The van der Waals surface area contributed by atoms with Crippen LogP contribution in [0.4, 0.5) is 0 Å². The molecule has 0 spiro atoms. The molecular weight excluding hydrogens is 222 g/mol. The van der Waals surface area contributed by atoms with Crippen LogP contribution in [0.15, 0.2) is 24.3 Å². The van der Waals surface area contributed by atoms with Crippen LogP contribution < -0.4 is 5.32 Å². The Kier molecular flexibility index (Phi) is 3.08. The predicted octanol–water partition coefficient (Wildman–Crippen LogP) is 2.94. The average Bonchev–Trinajstić information content (AvgIpc) is 2.72. The highest BCUT2D eigenvalue weighted by atomic mass is 15.3. The highest BCUT2D eigenvalue weighted by Gasteiger charge is 2.24. The standard InChI is InChI=1S/C15H21N3/c1-3-18-15-7-5-4-6-13(15)14(17-18)10-16-12-8-11(2)9-12/h4-7,11-12,16H,3,8-10H2,1-2H3. The zero-order valence-corrected chi connectivity index (χ0v) is 11.2. The summed E-state index contributed by atoms with van der Waals surface area (Å²) in [5, 5.41) is 9.62. The summed E-state index contributed by atoms with van der Waals surface area (Å²) in [5.41, 5.74) is 2.44. The first kappa shape index (κ1) is 11.7. The second-order valence-corrected chi connectivity index (χ2v) is 5.43. The van der Waals surface area contributed by atoms with Crippen LogP contribution in [0.25, 0.3) is 10.9 Å². The lowest BCUT2D eigenvalue weighted by molar-refractivity contribution is 0.239. The summed E-state index contributed by atoms with van der Waals surface area (Å²) in [4.78, 5) is 0. The topological polar surface area (TPSA) is 29.9 Å². The van der Waals surface area contributed by atoms with Crippen LogP contribution in [-0.2, 0) is 13.1 Å². The third-order valence-electron chi connectivity index (χ3n) is 3.97. The minimum Gasteiger partial charge on any atom is -0.308 e. The van der Waals surface area contributed by atoms with Gasteiger partial charge >= 0.3 is 0 Å². The maximum Gasteiger partial charge on any atom is 0.0841 e. The van der Waals surface area contributed by atoms with Gasteiger partial charge in [0.25, 0.3) is 0 Å². The summed E-state index contributed by atoms with van der Waals surface area (Å²) in [6.45, 7) is 6.29. The van der Waals surface area contributed by atoms with E-state index in [9.17, 15) is 0 Å². The number of nitrogens with one attached hydrogen (secondary N) is 1. The molecule has 2 aromatic rings. The Morgan fingerprint density at radius 1 is 1.33 bits per heavy atom. The molecule has 1 fully saturated rings. The van der Waals surface area contributed by atoms with Gasteiger partial charge in [-0.15, -0.1) is 0 Å². The largest absolute Gasteiger partial charge is 0.308 e. The quantitative estimate of drug-likeness (QED) is 0.894. The van der Waals surface area contributed by atoms with Gasteiger partial charge in [-0.3, -0.25) is 4.68 Å². The number of para-hydroxylation sites is 1. The van der Waals surface area contributed by atoms with Crippen LogP contribution in [0.1, 0.15) is 32.4 Å². The van der Waals surface area contributed by atoms with Gasteiger partial charge in [0.15, 0.2) is 0 Å². The highest BCUT2D eigenvalue weighted by molar-refractivity contribution is 5.81. The Hall–Kier alpha value is -1.35. The number of hydrogen-bond donors (Lipinski definition) is 1. The molecule has 3 rings (SSSR count). The molecule has 0 unspecified atom stereocenters. The van der Waals surface area contributed by atoms with Gasteiger partial charge < -0.3 is 5.32 Å². The molecule has 0 atom stereocenters. The van der Waals surface area contributed by atoms with Gasteiger partial charge in [-0.2, -0.15) is 5.10 Å². The van der Waals surface area contributed by atoms with Gasteiger partial charge in [0.05, 0.1) is 11.2 Å². The van der Waals surface area contributed by atoms with Crippen LogP contribution in [0.5, 0.6) is 0 Å². The number of aryl methyl sites for hydroxylation is 1. The van der Waals surface area contributed by atoms with Crippen molar-refractivity contribution in [3.8, 4) is 0 Å². The molecule has 96 valence electrons. The fraction of sp³-hybridized carbons (Fsp3) is 0.533. The summed E-state index contributed by atoms with van der Waals surface area (Å²) in [6.07, 6.45) is 2.62. The van der Waals surface area contributed by atoms with Crippen molar-refractivity contribution in [1.82, 2.24) is 15.1 Å². The molecule has 1 aromatic carbocycles. The van der Waals surface area contributed by atoms with Gasteiger partial charge in [0.1, 0.15) is 0 Å². The lowest BCUT2D eigenvalue weighted by Gasteiger charge is -2.33. The van der Waals surface area contributed by atoms with Crippen LogP contribution in [0.2, 0.25) is 0 Å². The maximum atomic E-state index is 4.71. The van der Waals surface area contributed by atoms with Crippen molar-refractivity contribution in [3.63, 3.8) is 0 Å². The molecule has 18 heavy (non-hydrogen) atoms. The second kappa shape index (κ2) is 4.73. The first-order chi connectivity index (χ1) is 8.78. The smallest absolute Gasteiger partial charge is 0.0841 e. The third kappa shape index (κ3) is 2.03. The molecular formula is C15H21N3. The molecule has 0 amide bonds. The molecule has 0 radical (unpaired) electrons. The Labute approximate surface area is 108 Å². The molecule has 1 heterocycles. The van der Waals surface area contributed by atoms with E-state index in [1.54, 1.807) is 0 Å². The molecule has 3 heteroatoms. The molecule has 3 nitrogen and oxygen atoms in total. The van der Waals surface area contributed by atoms with Crippen LogP contribution in [0.3, 0.4) is 0 Å². The molecule has 1 aliphatic carbocycles. The Bertz CT molecular complexity index is 538. The van der Waals surface area contributed by atoms with E-state index in [1.807, 2.05) is 0 Å². The lowest BCUT2D eigenvalue weighted by atomic mass is 9.82. The van der Waals surface area contributed by atoms with Gasteiger partial charge in [-0.1, -0.05) is 25.1 Å². The Morgan fingerprint density at radius 3 is 2.83 bits per heavy atom.